The predicted molar refractivity (Wildman–Crippen MR) is 136 cm³/mol. The number of carbonyl (C=O) groups excluding carboxylic acids is 1. The van der Waals surface area contributed by atoms with Crippen LogP contribution in [0.5, 0.6) is 0 Å². The highest BCUT2D eigenvalue weighted by atomic mass is 79.9. The zero-order chi connectivity index (χ0) is 25.8. The van der Waals surface area contributed by atoms with Crippen molar-refractivity contribution in [1.82, 2.24) is 20.0 Å². The van der Waals surface area contributed by atoms with E-state index < -0.39 is 27.5 Å². The SMILES string of the molecule is CC(C)(C)OC(=O)NCCCNS(=O)(=O)c1cc(-c2nc(-c3ccc(Br)c(F)c3)c[nH]2)ccc1Cl. The molecule has 1 aromatic heterocycles. The van der Waals surface area contributed by atoms with Crippen LogP contribution in [0.2, 0.25) is 5.02 Å². The number of carbonyl (C=O) groups is 1. The molecule has 0 fully saturated rings. The molecule has 0 unspecified atom stereocenters. The van der Waals surface area contributed by atoms with Gasteiger partial charge in [0.25, 0.3) is 0 Å². The van der Waals surface area contributed by atoms with E-state index in [1.165, 1.54) is 18.2 Å². The van der Waals surface area contributed by atoms with Gasteiger partial charge in [-0.2, -0.15) is 0 Å². The highest BCUT2D eigenvalue weighted by Gasteiger charge is 2.20. The molecule has 0 spiro atoms. The zero-order valence-electron chi connectivity index (χ0n) is 19.3. The van der Waals surface area contributed by atoms with E-state index in [1.54, 1.807) is 45.2 Å². The first-order chi connectivity index (χ1) is 16.4. The Morgan fingerprint density at radius 1 is 1.17 bits per heavy atom. The van der Waals surface area contributed by atoms with Crippen molar-refractivity contribution < 1.29 is 22.3 Å². The Morgan fingerprint density at radius 2 is 1.89 bits per heavy atom. The lowest BCUT2D eigenvalue weighted by Gasteiger charge is -2.19. The molecular formula is C23H25BrClFN4O4S. The minimum Gasteiger partial charge on any atom is -0.444 e. The lowest BCUT2D eigenvalue weighted by molar-refractivity contribution is 0.0527. The first-order valence-corrected chi connectivity index (χ1v) is 13.3. The van der Waals surface area contributed by atoms with E-state index in [2.05, 4.69) is 35.9 Å². The van der Waals surface area contributed by atoms with Crippen molar-refractivity contribution in [1.29, 1.82) is 0 Å². The van der Waals surface area contributed by atoms with Gasteiger partial charge in [0.2, 0.25) is 10.0 Å². The van der Waals surface area contributed by atoms with Gasteiger partial charge in [0, 0.05) is 30.4 Å². The van der Waals surface area contributed by atoms with Crippen LogP contribution < -0.4 is 10.0 Å². The molecule has 0 aliphatic carbocycles. The number of halogens is 3. The summed E-state index contributed by atoms with van der Waals surface area (Å²) >= 11 is 9.29. The van der Waals surface area contributed by atoms with E-state index in [0.29, 0.717) is 33.5 Å². The van der Waals surface area contributed by atoms with Crippen LogP contribution in [-0.2, 0) is 14.8 Å². The topological polar surface area (TPSA) is 113 Å². The lowest BCUT2D eigenvalue weighted by atomic mass is 10.2. The van der Waals surface area contributed by atoms with E-state index in [1.807, 2.05) is 0 Å². The Bertz CT molecular complexity index is 1330. The molecule has 0 atom stereocenters. The molecule has 0 saturated carbocycles. The van der Waals surface area contributed by atoms with E-state index in [4.69, 9.17) is 16.3 Å². The summed E-state index contributed by atoms with van der Waals surface area (Å²) in [6.07, 6.45) is 1.39. The summed E-state index contributed by atoms with van der Waals surface area (Å²) in [5, 5.41) is 2.62. The summed E-state index contributed by atoms with van der Waals surface area (Å²) in [5.74, 6) is -0.0164. The minimum absolute atomic E-state index is 0.0508. The van der Waals surface area contributed by atoms with Crippen LogP contribution in [-0.4, -0.2) is 43.2 Å². The van der Waals surface area contributed by atoms with Gasteiger partial charge in [-0.05, 0) is 73.5 Å². The second-order valence-electron chi connectivity index (χ2n) is 8.59. The summed E-state index contributed by atoms with van der Waals surface area (Å²) in [7, 11) is -3.93. The summed E-state index contributed by atoms with van der Waals surface area (Å²) in [4.78, 5) is 19.0. The van der Waals surface area contributed by atoms with Crippen LogP contribution in [0.15, 0.2) is 52.0 Å². The van der Waals surface area contributed by atoms with Crippen molar-refractivity contribution in [3.8, 4) is 22.6 Å². The number of aromatic nitrogens is 2. The molecule has 12 heteroatoms. The smallest absolute Gasteiger partial charge is 0.407 e. The maximum Gasteiger partial charge on any atom is 0.407 e. The number of H-pyrrole nitrogens is 1. The standard InChI is InChI=1S/C23H25BrClFN4O4S/c1-23(2,3)34-22(31)27-9-4-10-29-35(32,33)20-12-15(6-8-17(20)25)21-28-13-19(30-21)14-5-7-16(24)18(26)11-14/h5-8,11-13,29H,4,9-10H2,1-3H3,(H,27,31)(H,28,30). The number of hydrogen-bond acceptors (Lipinski definition) is 5. The van der Waals surface area contributed by atoms with Crippen LogP contribution in [0.4, 0.5) is 9.18 Å². The number of ether oxygens (including phenoxy) is 1. The Hall–Kier alpha value is -2.47. The third-order valence-corrected chi connectivity index (χ3v) is 7.19. The van der Waals surface area contributed by atoms with Gasteiger partial charge in [0.1, 0.15) is 22.1 Å². The average molecular weight is 588 g/mol. The van der Waals surface area contributed by atoms with Crippen molar-refractivity contribution >= 4 is 43.6 Å². The molecule has 0 saturated heterocycles. The molecule has 0 aliphatic rings. The number of benzene rings is 2. The number of alkyl carbamates (subject to hydrolysis) is 1. The molecule has 3 aromatic rings. The number of hydrogen-bond donors (Lipinski definition) is 3. The van der Waals surface area contributed by atoms with E-state index in [0.717, 1.165) is 0 Å². The summed E-state index contributed by atoms with van der Waals surface area (Å²) < 4.78 is 47.5. The van der Waals surface area contributed by atoms with E-state index in [-0.39, 0.29) is 23.0 Å². The first kappa shape index (κ1) is 27.1. The van der Waals surface area contributed by atoms with E-state index >= 15 is 0 Å². The van der Waals surface area contributed by atoms with Crippen LogP contribution in [0.1, 0.15) is 27.2 Å². The number of nitrogens with zero attached hydrogens (tertiary/aromatic N) is 1. The second-order valence-corrected chi connectivity index (χ2v) is 11.6. The first-order valence-electron chi connectivity index (χ1n) is 10.6. The Morgan fingerprint density at radius 3 is 2.57 bits per heavy atom. The maximum atomic E-state index is 13.9. The fourth-order valence-corrected chi connectivity index (χ4v) is 4.85. The van der Waals surface area contributed by atoms with Crippen molar-refractivity contribution in [3.63, 3.8) is 0 Å². The van der Waals surface area contributed by atoms with Crippen molar-refractivity contribution in [2.75, 3.05) is 13.1 Å². The van der Waals surface area contributed by atoms with Gasteiger partial charge >= 0.3 is 6.09 Å². The second kappa shape index (κ2) is 11.1. The molecular weight excluding hydrogens is 563 g/mol. The normalized spacial score (nSPS) is 11.9. The Kier molecular flexibility index (Phi) is 8.58. The summed E-state index contributed by atoms with van der Waals surface area (Å²) in [6, 6.07) is 9.17. The van der Waals surface area contributed by atoms with Gasteiger partial charge in [0.15, 0.2) is 0 Å². The number of nitrogens with one attached hydrogen (secondary N) is 3. The molecule has 8 nitrogen and oxygen atoms in total. The van der Waals surface area contributed by atoms with Crippen molar-refractivity contribution in [2.24, 2.45) is 0 Å². The predicted octanol–water partition coefficient (Wildman–Crippen LogP) is 5.49. The van der Waals surface area contributed by atoms with E-state index in [9.17, 15) is 17.6 Å². The number of sulfonamides is 1. The fraction of sp³-hybridized carbons (Fsp3) is 0.304. The lowest BCUT2D eigenvalue weighted by Crippen LogP contribution is -2.34. The molecule has 188 valence electrons. The van der Waals surface area contributed by atoms with Crippen LogP contribution >= 0.6 is 27.5 Å². The molecule has 0 aliphatic heterocycles. The van der Waals surface area contributed by atoms with Gasteiger partial charge in [-0.3, -0.25) is 0 Å². The molecule has 3 rings (SSSR count). The molecule has 2 aromatic carbocycles. The zero-order valence-corrected chi connectivity index (χ0v) is 22.4. The van der Waals surface area contributed by atoms with Crippen LogP contribution in [0, 0.1) is 5.82 Å². The number of rotatable bonds is 8. The average Bonchev–Trinajstić information content (AvgIpc) is 3.24. The monoisotopic (exact) mass is 586 g/mol. The van der Waals surface area contributed by atoms with Gasteiger partial charge in [0.05, 0.1) is 15.2 Å². The van der Waals surface area contributed by atoms with Gasteiger partial charge < -0.3 is 15.0 Å². The van der Waals surface area contributed by atoms with Gasteiger partial charge in [-0.15, -0.1) is 0 Å². The Labute approximate surface area is 216 Å². The molecule has 1 heterocycles. The maximum absolute atomic E-state index is 13.9. The highest BCUT2D eigenvalue weighted by Crippen LogP contribution is 2.29. The fourth-order valence-electron chi connectivity index (χ4n) is 3.01. The third kappa shape index (κ3) is 7.50. The quantitative estimate of drug-likeness (QED) is 0.302. The molecule has 35 heavy (non-hydrogen) atoms. The molecule has 0 radical (unpaired) electrons. The number of aromatic amines is 1. The van der Waals surface area contributed by atoms with Crippen LogP contribution in [0.3, 0.4) is 0 Å². The molecule has 0 bridgehead atoms. The highest BCUT2D eigenvalue weighted by molar-refractivity contribution is 9.10. The van der Waals surface area contributed by atoms with Crippen molar-refractivity contribution in [3.05, 3.63) is 57.9 Å². The van der Waals surface area contributed by atoms with Crippen molar-refractivity contribution in [2.45, 2.75) is 37.7 Å². The third-order valence-electron chi connectivity index (χ3n) is 4.60. The number of imidazole rings is 1. The minimum atomic E-state index is -3.93. The Balaban J connectivity index is 1.67. The molecule has 1 amide bonds. The number of amides is 1. The molecule has 3 N–H and O–H groups in total. The van der Waals surface area contributed by atoms with Crippen LogP contribution in [0.25, 0.3) is 22.6 Å². The largest absolute Gasteiger partial charge is 0.444 e. The van der Waals surface area contributed by atoms with Gasteiger partial charge in [-0.25, -0.2) is 27.3 Å². The summed E-state index contributed by atoms with van der Waals surface area (Å²) in [6.45, 7) is 5.57. The summed E-state index contributed by atoms with van der Waals surface area (Å²) in [5.41, 5.74) is 0.944. The van der Waals surface area contributed by atoms with Gasteiger partial charge in [-0.1, -0.05) is 17.7 Å².